The Morgan fingerprint density at radius 2 is 2.00 bits per heavy atom. The lowest BCUT2D eigenvalue weighted by Gasteiger charge is -2.21. The third kappa shape index (κ3) is 5.02. The van der Waals surface area contributed by atoms with Crippen LogP contribution in [0.4, 0.5) is 0 Å². The van der Waals surface area contributed by atoms with E-state index in [1.54, 1.807) is 6.08 Å². The molecule has 2 aliphatic carbocycles. The molecule has 2 aliphatic rings. The highest BCUT2D eigenvalue weighted by Crippen LogP contribution is 2.24. The number of rotatable bonds is 4. The summed E-state index contributed by atoms with van der Waals surface area (Å²) in [6.07, 6.45) is 18.2. The Bertz CT molecular complexity index is 522. The van der Waals surface area contributed by atoms with Crippen molar-refractivity contribution in [3.63, 3.8) is 0 Å². The Morgan fingerprint density at radius 3 is 2.73 bits per heavy atom. The van der Waals surface area contributed by atoms with E-state index in [2.05, 4.69) is 10.1 Å². The monoisotopic (exact) mass is 301 g/mol. The van der Waals surface area contributed by atoms with E-state index < -0.39 is 0 Å². The average molecular weight is 301 g/mol. The molecule has 0 bridgehead atoms. The summed E-state index contributed by atoms with van der Waals surface area (Å²) in [5.41, 5.74) is 0.778. The normalized spacial score (nSPS) is 22.2. The second-order valence-electron chi connectivity index (χ2n) is 5.65. The van der Waals surface area contributed by atoms with E-state index in [0.29, 0.717) is 0 Å². The lowest BCUT2D eigenvalue weighted by molar-refractivity contribution is -0.134. The smallest absolute Gasteiger partial charge is 0.330 e. The number of hydrogen-bond acceptors (Lipinski definition) is 3. The van der Waals surface area contributed by atoms with Crippen LogP contribution in [0.15, 0.2) is 48.2 Å². The van der Waals surface area contributed by atoms with Crippen molar-refractivity contribution in [1.29, 1.82) is 0 Å². The average Bonchev–Trinajstić information content (AvgIpc) is 2.78. The standard InChI is InChI=1S/C18H23NO3/c1-22-17(20)12-11-14-7-5-6-10-16(13-14)19-18(21)15-8-3-2-4-9-15/h5-7,10-15H,2-4,8-9H2,1H3,(H,19,21)/b12-11+. The number of methoxy groups -OCH3 is 1. The van der Waals surface area contributed by atoms with Crippen molar-refractivity contribution in [2.24, 2.45) is 11.8 Å². The molecule has 1 amide bonds. The van der Waals surface area contributed by atoms with E-state index in [1.807, 2.05) is 30.4 Å². The third-order valence-corrected chi connectivity index (χ3v) is 3.99. The molecule has 0 aliphatic heterocycles. The first-order valence-corrected chi connectivity index (χ1v) is 7.83. The Balaban J connectivity index is 1.98. The molecule has 0 radical (unpaired) electrons. The summed E-state index contributed by atoms with van der Waals surface area (Å²) in [4.78, 5) is 23.5. The van der Waals surface area contributed by atoms with Gasteiger partial charge < -0.3 is 10.1 Å². The molecule has 0 heterocycles. The number of hydrogen-bond donors (Lipinski definition) is 1. The van der Waals surface area contributed by atoms with Gasteiger partial charge in [0.1, 0.15) is 0 Å². The zero-order chi connectivity index (χ0) is 15.8. The minimum atomic E-state index is -0.383. The highest BCUT2D eigenvalue weighted by atomic mass is 16.5. The molecule has 1 saturated carbocycles. The van der Waals surface area contributed by atoms with Gasteiger partial charge in [0.05, 0.1) is 7.11 Å². The van der Waals surface area contributed by atoms with Crippen molar-refractivity contribution in [2.45, 2.75) is 32.1 Å². The number of allylic oxidation sites excluding steroid dienone is 6. The van der Waals surface area contributed by atoms with E-state index in [-0.39, 0.29) is 23.7 Å². The lowest BCUT2D eigenvalue weighted by Crippen LogP contribution is -2.31. The van der Waals surface area contributed by atoms with Gasteiger partial charge in [-0.3, -0.25) is 4.79 Å². The maximum Gasteiger partial charge on any atom is 0.330 e. The van der Waals surface area contributed by atoms with Crippen LogP contribution in [0.5, 0.6) is 0 Å². The van der Waals surface area contributed by atoms with Crippen molar-refractivity contribution in [3.8, 4) is 0 Å². The van der Waals surface area contributed by atoms with Crippen LogP contribution in [-0.4, -0.2) is 19.0 Å². The highest BCUT2D eigenvalue weighted by molar-refractivity contribution is 5.82. The Morgan fingerprint density at radius 1 is 1.23 bits per heavy atom. The molecule has 4 nitrogen and oxygen atoms in total. The molecular weight excluding hydrogens is 278 g/mol. The quantitative estimate of drug-likeness (QED) is 0.641. The molecule has 2 rings (SSSR count). The summed E-state index contributed by atoms with van der Waals surface area (Å²) in [5.74, 6) is -0.195. The molecule has 0 aromatic heterocycles. The van der Waals surface area contributed by atoms with Gasteiger partial charge in [0, 0.05) is 23.6 Å². The predicted molar refractivity (Wildman–Crippen MR) is 85.7 cm³/mol. The maximum atomic E-state index is 12.3. The van der Waals surface area contributed by atoms with Gasteiger partial charge in [-0.15, -0.1) is 0 Å². The van der Waals surface area contributed by atoms with Gasteiger partial charge in [0.2, 0.25) is 5.91 Å². The van der Waals surface area contributed by atoms with Gasteiger partial charge in [0.25, 0.3) is 0 Å². The molecule has 0 spiro atoms. The molecule has 1 fully saturated rings. The largest absolute Gasteiger partial charge is 0.466 e. The molecule has 1 N–H and O–H groups in total. The van der Waals surface area contributed by atoms with Crippen molar-refractivity contribution in [3.05, 3.63) is 48.2 Å². The van der Waals surface area contributed by atoms with Crippen LogP contribution in [0, 0.1) is 11.8 Å². The molecular formula is C18H23NO3. The van der Waals surface area contributed by atoms with Crippen LogP contribution in [-0.2, 0) is 14.3 Å². The first kappa shape index (κ1) is 16.3. The van der Waals surface area contributed by atoms with Gasteiger partial charge in [-0.25, -0.2) is 4.79 Å². The van der Waals surface area contributed by atoms with Crippen molar-refractivity contribution in [2.75, 3.05) is 7.11 Å². The summed E-state index contributed by atoms with van der Waals surface area (Å²) < 4.78 is 4.59. The SMILES string of the molecule is COC(=O)/C=C/C1C=CC=CC(NC(=O)C2CCCCC2)=C1. The Labute approximate surface area is 131 Å². The molecule has 0 saturated heterocycles. The Kier molecular flexibility index (Phi) is 6.19. The van der Waals surface area contributed by atoms with Gasteiger partial charge in [0.15, 0.2) is 0 Å². The summed E-state index contributed by atoms with van der Waals surface area (Å²) in [7, 11) is 1.35. The van der Waals surface area contributed by atoms with Gasteiger partial charge in [-0.2, -0.15) is 0 Å². The number of carbonyl (C=O) groups is 2. The summed E-state index contributed by atoms with van der Waals surface area (Å²) in [6.45, 7) is 0. The van der Waals surface area contributed by atoms with Crippen molar-refractivity contribution in [1.82, 2.24) is 5.32 Å². The van der Waals surface area contributed by atoms with E-state index >= 15 is 0 Å². The van der Waals surface area contributed by atoms with Crippen LogP contribution in [0.1, 0.15) is 32.1 Å². The number of carbonyl (C=O) groups excluding carboxylic acids is 2. The van der Waals surface area contributed by atoms with Crippen molar-refractivity contribution < 1.29 is 14.3 Å². The van der Waals surface area contributed by atoms with Crippen LogP contribution >= 0.6 is 0 Å². The molecule has 0 aromatic carbocycles. The highest BCUT2D eigenvalue weighted by Gasteiger charge is 2.21. The molecule has 4 heteroatoms. The van der Waals surface area contributed by atoms with E-state index in [0.717, 1.165) is 31.4 Å². The Hall–Kier alpha value is -2.10. The second kappa shape index (κ2) is 8.37. The van der Waals surface area contributed by atoms with Crippen LogP contribution in [0.2, 0.25) is 0 Å². The molecule has 1 unspecified atom stereocenters. The zero-order valence-electron chi connectivity index (χ0n) is 13.0. The fraction of sp³-hybridized carbons (Fsp3) is 0.444. The molecule has 118 valence electrons. The number of ether oxygens (including phenoxy) is 1. The second-order valence-corrected chi connectivity index (χ2v) is 5.65. The first-order valence-electron chi connectivity index (χ1n) is 7.83. The lowest BCUT2D eigenvalue weighted by atomic mass is 9.88. The van der Waals surface area contributed by atoms with Gasteiger partial charge >= 0.3 is 5.97 Å². The van der Waals surface area contributed by atoms with E-state index in [1.165, 1.54) is 19.6 Å². The van der Waals surface area contributed by atoms with Gasteiger partial charge in [-0.1, -0.05) is 49.6 Å². The van der Waals surface area contributed by atoms with Crippen molar-refractivity contribution >= 4 is 11.9 Å². The van der Waals surface area contributed by atoms with Crippen LogP contribution in [0.25, 0.3) is 0 Å². The first-order chi connectivity index (χ1) is 10.7. The zero-order valence-corrected chi connectivity index (χ0v) is 13.0. The summed E-state index contributed by atoms with van der Waals surface area (Å²) in [6, 6.07) is 0. The minimum absolute atomic E-state index is 0.0456. The molecule has 1 atom stereocenters. The van der Waals surface area contributed by atoms with E-state index in [4.69, 9.17) is 0 Å². The third-order valence-electron chi connectivity index (χ3n) is 3.99. The fourth-order valence-corrected chi connectivity index (χ4v) is 2.74. The topological polar surface area (TPSA) is 55.4 Å². The summed E-state index contributed by atoms with van der Waals surface area (Å²) >= 11 is 0. The number of amides is 1. The predicted octanol–water partition coefficient (Wildman–Crippen LogP) is 3.04. The maximum absolute atomic E-state index is 12.3. The van der Waals surface area contributed by atoms with Crippen LogP contribution in [0.3, 0.4) is 0 Å². The van der Waals surface area contributed by atoms with Gasteiger partial charge in [-0.05, 0) is 18.9 Å². The number of nitrogens with one attached hydrogen (secondary N) is 1. The minimum Gasteiger partial charge on any atom is -0.466 e. The molecule has 0 aromatic rings. The van der Waals surface area contributed by atoms with E-state index in [9.17, 15) is 9.59 Å². The summed E-state index contributed by atoms with van der Waals surface area (Å²) in [5, 5.41) is 3.01. The fourth-order valence-electron chi connectivity index (χ4n) is 2.74. The number of esters is 1. The molecule has 22 heavy (non-hydrogen) atoms. The van der Waals surface area contributed by atoms with Crippen LogP contribution < -0.4 is 5.32 Å².